The van der Waals surface area contributed by atoms with Gasteiger partial charge in [-0.3, -0.25) is 4.79 Å². The van der Waals surface area contributed by atoms with E-state index < -0.39 is 18.1 Å². The second-order valence-electron chi connectivity index (χ2n) is 8.14. The van der Waals surface area contributed by atoms with E-state index in [1.165, 1.54) is 6.21 Å². The molecular weight excluding hydrogens is 658 g/mol. The van der Waals surface area contributed by atoms with Crippen LogP contribution in [0.4, 0.5) is 0 Å². The van der Waals surface area contributed by atoms with E-state index in [0.29, 0.717) is 32.3 Å². The molecule has 2 aromatic heterocycles. The Morgan fingerprint density at radius 1 is 1.18 bits per heavy atom. The van der Waals surface area contributed by atoms with Crippen molar-refractivity contribution in [3.8, 4) is 23.1 Å². The Bertz CT molecular complexity index is 1830. The number of halogens is 3. The highest BCUT2D eigenvalue weighted by Gasteiger charge is 2.20. The Kier molecular flexibility index (Phi) is 7.74. The Labute approximate surface area is 242 Å². The Hall–Kier alpha value is -3.67. The number of nitrogens with zero attached hydrogens (tertiary/aromatic N) is 3. The Balaban J connectivity index is 1.67. The van der Waals surface area contributed by atoms with Gasteiger partial charge < -0.3 is 19.0 Å². The van der Waals surface area contributed by atoms with Crippen LogP contribution in [0, 0.1) is 0 Å². The predicted molar refractivity (Wildman–Crippen MR) is 155 cm³/mol. The van der Waals surface area contributed by atoms with Crippen molar-refractivity contribution in [1.29, 1.82) is 0 Å². The molecule has 2 heterocycles. The lowest BCUT2D eigenvalue weighted by Gasteiger charge is -2.15. The monoisotopic (exact) mass is 673 g/mol. The molecule has 0 bridgehead atoms. The van der Waals surface area contributed by atoms with Crippen molar-refractivity contribution in [3.05, 3.63) is 84.5 Å². The summed E-state index contributed by atoms with van der Waals surface area (Å²) in [6, 6.07) is 15.9. The molecule has 3 aromatic carbocycles. The topological polar surface area (TPSA) is 116 Å². The first-order valence-corrected chi connectivity index (χ1v) is 13.5. The van der Waals surface area contributed by atoms with Gasteiger partial charge in [0.1, 0.15) is 10.6 Å². The van der Waals surface area contributed by atoms with Crippen LogP contribution in [0.15, 0.2) is 77.9 Å². The summed E-state index contributed by atoms with van der Waals surface area (Å²) in [6.07, 6.45) is 1.42. The molecule has 0 atom stereocenters. The van der Waals surface area contributed by atoms with Crippen molar-refractivity contribution in [2.75, 3.05) is 13.2 Å². The first-order chi connectivity index (χ1) is 18.8. The van der Waals surface area contributed by atoms with Crippen LogP contribution in [0.3, 0.4) is 0 Å². The largest absolute Gasteiger partial charge is 0.490 e. The maximum absolute atomic E-state index is 13.6. The summed E-state index contributed by atoms with van der Waals surface area (Å²) >= 11 is 13.4. The van der Waals surface area contributed by atoms with Crippen molar-refractivity contribution in [2.24, 2.45) is 5.10 Å². The highest BCUT2D eigenvalue weighted by molar-refractivity contribution is 9.10. The number of para-hydroxylation sites is 1. The van der Waals surface area contributed by atoms with Crippen molar-refractivity contribution in [2.45, 2.75) is 6.92 Å². The fraction of sp³-hybridized carbons (Fsp3) is 0.111. The molecule has 198 valence electrons. The van der Waals surface area contributed by atoms with Crippen LogP contribution in [0.1, 0.15) is 12.5 Å². The number of fused-ring (bicyclic) bond motifs is 2. The summed E-state index contributed by atoms with van der Waals surface area (Å²) in [7, 11) is 0. The average molecular weight is 676 g/mol. The first-order valence-electron chi connectivity index (χ1n) is 11.5. The standard InChI is InChI=1S/C27H18Br2ClN3O6/c1-2-37-20-11-15(23(29)24(30)25(20)38-13-22(34)35)12-31-33-26(32-18-6-4-3-5-17(18)27(33)36)21-10-14-9-16(28)7-8-19(14)39-21/h3-12H,2,13H2,1H3,(H,34,35). The van der Waals surface area contributed by atoms with Gasteiger partial charge in [-0.05, 0) is 65.3 Å². The average Bonchev–Trinajstić information content (AvgIpc) is 3.33. The molecule has 12 heteroatoms. The van der Waals surface area contributed by atoms with Crippen LogP contribution < -0.4 is 15.0 Å². The molecule has 0 fully saturated rings. The van der Waals surface area contributed by atoms with Gasteiger partial charge in [-0.1, -0.05) is 39.7 Å². The lowest BCUT2D eigenvalue weighted by molar-refractivity contribution is -0.139. The number of furan rings is 1. The number of hydrogen-bond acceptors (Lipinski definition) is 7. The van der Waals surface area contributed by atoms with Gasteiger partial charge in [0.2, 0.25) is 5.82 Å². The molecule has 0 amide bonds. The molecule has 5 rings (SSSR count). The van der Waals surface area contributed by atoms with E-state index in [-0.39, 0.29) is 29.0 Å². The molecule has 0 saturated heterocycles. The molecule has 0 radical (unpaired) electrons. The highest BCUT2D eigenvalue weighted by Crippen LogP contribution is 2.42. The minimum atomic E-state index is -1.16. The van der Waals surface area contributed by atoms with Gasteiger partial charge >= 0.3 is 5.97 Å². The minimum Gasteiger partial charge on any atom is -0.490 e. The lowest BCUT2D eigenvalue weighted by atomic mass is 10.2. The van der Waals surface area contributed by atoms with Crippen molar-refractivity contribution < 1.29 is 23.8 Å². The van der Waals surface area contributed by atoms with Crippen LogP contribution in [0.5, 0.6) is 11.5 Å². The number of benzene rings is 3. The molecule has 9 nitrogen and oxygen atoms in total. The zero-order valence-corrected chi connectivity index (χ0v) is 24.1. The molecule has 5 aromatic rings. The minimum absolute atomic E-state index is 0.0728. The number of carboxylic acids is 1. The quantitative estimate of drug-likeness (QED) is 0.181. The van der Waals surface area contributed by atoms with Gasteiger partial charge in [0.15, 0.2) is 23.9 Å². The summed E-state index contributed by atoms with van der Waals surface area (Å²) in [5.41, 5.74) is 1.17. The molecule has 0 unspecified atom stereocenters. The first kappa shape index (κ1) is 26.9. The van der Waals surface area contributed by atoms with E-state index in [1.54, 1.807) is 43.3 Å². The second kappa shape index (κ2) is 11.2. The van der Waals surface area contributed by atoms with Gasteiger partial charge in [-0.15, -0.1) is 0 Å². The number of hydrogen-bond donors (Lipinski definition) is 1. The van der Waals surface area contributed by atoms with Crippen molar-refractivity contribution in [3.63, 3.8) is 0 Å². The molecule has 39 heavy (non-hydrogen) atoms. The Morgan fingerprint density at radius 2 is 1.97 bits per heavy atom. The predicted octanol–water partition coefficient (Wildman–Crippen LogP) is 6.73. The van der Waals surface area contributed by atoms with Crippen LogP contribution >= 0.6 is 43.5 Å². The third-order valence-electron chi connectivity index (χ3n) is 5.56. The van der Waals surface area contributed by atoms with Gasteiger partial charge in [-0.2, -0.15) is 9.78 Å². The zero-order chi connectivity index (χ0) is 27.7. The van der Waals surface area contributed by atoms with Crippen LogP contribution in [-0.2, 0) is 4.79 Å². The van der Waals surface area contributed by atoms with E-state index in [4.69, 9.17) is 30.6 Å². The SMILES string of the molecule is CCOc1cc(C=Nn2c(-c3cc4cc(Br)ccc4o3)nc3ccccc3c2=O)c(Br)c(Cl)c1OCC(=O)O. The highest BCUT2D eigenvalue weighted by atomic mass is 79.9. The van der Waals surface area contributed by atoms with E-state index in [9.17, 15) is 9.59 Å². The third-order valence-corrected chi connectivity index (χ3v) is 7.50. The molecule has 0 aliphatic rings. The van der Waals surface area contributed by atoms with Crippen LogP contribution in [-0.4, -0.2) is 40.2 Å². The number of aliphatic carboxylic acids is 1. The number of carbonyl (C=O) groups is 1. The molecule has 0 aliphatic carbocycles. The van der Waals surface area contributed by atoms with E-state index in [1.807, 2.05) is 18.2 Å². The number of rotatable bonds is 8. The van der Waals surface area contributed by atoms with E-state index >= 15 is 0 Å². The maximum Gasteiger partial charge on any atom is 0.341 e. The normalized spacial score (nSPS) is 11.5. The summed E-state index contributed by atoms with van der Waals surface area (Å²) in [5.74, 6) is -0.309. The lowest BCUT2D eigenvalue weighted by Crippen LogP contribution is -2.20. The van der Waals surface area contributed by atoms with Gasteiger partial charge in [0, 0.05) is 19.9 Å². The summed E-state index contributed by atoms with van der Waals surface area (Å²) in [4.78, 5) is 29.3. The van der Waals surface area contributed by atoms with Crippen molar-refractivity contribution in [1.82, 2.24) is 9.66 Å². The van der Waals surface area contributed by atoms with Gasteiger partial charge in [-0.25, -0.2) is 9.78 Å². The molecule has 0 saturated carbocycles. The van der Waals surface area contributed by atoms with E-state index in [0.717, 1.165) is 14.5 Å². The number of aromatic nitrogens is 2. The molecule has 0 spiro atoms. The third kappa shape index (κ3) is 5.42. The van der Waals surface area contributed by atoms with E-state index in [2.05, 4.69) is 41.9 Å². The second-order valence-corrected chi connectivity index (χ2v) is 10.2. The maximum atomic E-state index is 13.6. The number of carboxylic acid groups (broad SMARTS) is 1. The summed E-state index contributed by atoms with van der Waals surface area (Å²) < 4.78 is 19.4. The Morgan fingerprint density at radius 3 is 2.74 bits per heavy atom. The van der Waals surface area contributed by atoms with Crippen LogP contribution in [0.2, 0.25) is 5.02 Å². The van der Waals surface area contributed by atoms with Gasteiger partial charge in [0.25, 0.3) is 5.56 Å². The molecule has 0 aliphatic heterocycles. The summed E-state index contributed by atoms with van der Waals surface area (Å²) in [5, 5.41) is 14.8. The summed E-state index contributed by atoms with van der Waals surface area (Å²) in [6.45, 7) is 1.44. The molecule has 1 N–H and O–H groups in total. The fourth-order valence-electron chi connectivity index (χ4n) is 3.86. The number of ether oxygens (including phenoxy) is 2. The van der Waals surface area contributed by atoms with Crippen LogP contribution in [0.25, 0.3) is 33.5 Å². The fourth-order valence-corrected chi connectivity index (χ4v) is 4.90. The smallest absolute Gasteiger partial charge is 0.341 e. The molecular formula is C27H18Br2ClN3O6. The zero-order valence-electron chi connectivity index (χ0n) is 20.2. The van der Waals surface area contributed by atoms with Gasteiger partial charge in [0.05, 0.1) is 23.7 Å². The van der Waals surface area contributed by atoms with Crippen molar-refractivity contribution >= 4 is 77.5 Å².